The van der Waals surface area contributed by atoms with Gasteiger partial charge in [0.2, 0.25) is 5.91 Å². The van der Waals surface area contributed by atoms with Crippen molar-refractivity contribution < 1.29 is 50.9 Å². The Hall–Kier alpha value is -2.39. The summed E-state index contributed by atoms with van der Waals surface area (Å²) in [7, 11) is 0. The summed E-state index contributed by atoms with van der Waals surface area (Å²) in [5.74, 6) is -5.11. The zero-order chi connectivity index (χ0) is 28.6. The number of amides is 1. The molecule has 3 aliphatic rings. The molecule has 8 nitrogen and oxygen atoms in total. The second-order valence-corrected chi connectivity index (χ2v) is 10.3. The van der Waals surface area contributed by atoms with E-state index in [0.717, 1.165) is 58.4 Å². The fourth-order valence-electron chi connectivity index (χ4n) is 4.75. The van der Waals surface area contributed by atoms with Crippen molar-refractivity contribution in [3.8, 4) is 0 Å². The predicted molar refractivity (Wildman–Crippen MR) is 126 cm³/mol. The molecule has 1 spiro atoms. The largest absolute Gasteiger partial charge is 0.490 e. The molecule has 2 N–H and O–H groups in total. The van der Waals surface area contributed by atoms with Crippen molar-refractivity contribution >= 4 is 29.2 Å². The summed E-state index contributed by atoms with van der Waals surface area (Å²) >= 11 is 1.85. The number of carboxylic acids is 2. The van der Waals surface area contributed by atoms with Gasteiger partial charge in [-0.15, -0.1) is 11.3 Å². The van der Waals surface area contributed by atoms with Gasteiger partial charge in [0.1, 0.15) is 0 Å². The standard InChI is InChI=1S/C19H29N3OS.2C2HF3O2/c23-18-5-6-19(22(18)14-13-20-9-1-2-10-20)7-11-21(12-8-19)16-17-4-3-15-24-17;2*3-2(4,5)1(6)7/h3-4,15H,1-2,5-14,16H2;2*(H,6,7). The molecule has 0 radical (unpaired) electrons. The SMILES string of the molecule is O=C(O)C(F)(F)F.O=C(O)C(F)(F)F.O=C1CCC2(CCN(Cc3cccs3)CC2)N1CCN1CCCC1. The lowest BCUT2D eigenvalue weighted by atomic mass is 9.85. The van der Waals surface area contributed by atoms with Gasteiger partial charge in [-0.2, -0.15) is 26.3 Å². The molecule has 3 aliphatic heterocycles. The Morgan fingerprint density at radius 2 is 1.39 bits per heavy atom. The van der Waals surface area contributed by atoms with Crippen LogP contribution in [0.5, 0.6) is 0 Å². The summed E-state index contributed by atoms with van der Waals surface area (Å²) in [5.41, 5.74) is 0.169. The number of hydrogen-bond donors (Lipinski definition) is 2. The van der Waals surface area contributed by atoms with Gasteiger partial charge in [-0.3, -0.25) is 9.69 Å². The van der Waals surface area contributed by atoms with Crippen molar-refractivity contribution in [3.05, 3.63) is 22.4 Å². The van der Waals surface area contributed by atoms with E-state index in [9.17, 15) is 31.1 Å². The normalized spacial score (nSPS) is 20.1. The maximum atomic E-state index is 12.5. The van der Waals surface area contributed by atoms with Crippen LogP contribution in [-0.2, 0) is 20.9 Å². The third kappa shape index (κ3) is 9.73. The van der Waals surface area contributed by atoms with Crippen molar-refractivity contribution in [2.75, 3.05) is 39.3 Å². The van der Waals surface area contributed by atoms with E-state index in [4.69, 9.17) is 19.8 Å². The highest BCUT2D eigenvalue weighted by Crippen LogP contribution is 2.39. The smallest absolute Gasteiger partial charge is 0.475 e. The summed E-state index contributed by atoms with van der Waals surface area (Å²) in [6, 6.07) is 4.37. The highest BCUT2D eigenvalue weighted by Gasteiger charge is 2.46. The lowest BCUT2D eigenvalue weighted by molar-refractivity contribution is -0.193. The van der Waals surface area contributed by atoms with Crippen LogP contribution < -0.4 is 0 Å². The first-order chi connectivity index (χ1) is 17.6. The van der Waals surface area contributed by atoms with Gasteiger partial charge in [-0.05, 0) is 56.6 Å². The number of alkyl halides is 6. The van der Waals surface area contributed by atoms with E-state index in [1.165, 1.54) is 30.8 Å². The molecule has 0 aliphatic carbocycles. The summed E-state index contributed by atoms with van der Waals surface area (Å²) in [4.78, 5) is 39.1. The number of carbonyl (C=O) groups is 3. The lowest BCUT2D eigenvalue weighted by Gasteiger charge is -2.45. The van der Waals surface area contributed by atoms with Crippen LogP contribution >= 0.6 is 11.3 Å². The fraction of sp³-hybridized carbons (Fsp3) is 0.696. The van der Waals surface area contributed by atoms with Gasteiger partial charge in [0.05, 0.1) is 0 Å². The van der Waals surface area contributed by atoms with E-state index in [0.29, 0.717) is 5.91 Å². The number of rotatable bonds is 5. The molecule has 1 aromatic heterocycles. The Kier molecular flexibility index (Phi) is 11.4. The number of likely N-dealkylation sites (tertiary alicyclic amines) is 3. The Morgan fingerprint density at radius 3 is 1.84 bits per heavy atom. The van der Waals surface area contributed by atoms with E-state index in [2.05, 4.69) is 32.2 Å². The van der Waals surface area contributed by atoms with Gasteiger partial charge in [-0.1, -0.05) is 6.07 Å². The van der Waals surface area contributed by atoms with Gasteiger partial charge in [0.15, 0.2) is 0 Å². The number of aliphatic carboxylic acids is 2. The monoisotopic (exact) mass is 575 g/mol. The van der Waals surface area contributed by atoms with Crippen molar-refractivity contribution in [1.29, 1.82) is 0 Å². The number of thiophene rings is 1. The first kappa shape index (κ1) is 31.8. The lowest BCUT2D eigenvalue weighted by Crippen LogP contribution is -2.54. The molecule has 1 aromatic rings. The van der Waals surface area contributed by atoms with Gasteiger partial charge < -0.3 is 20.0 Å². The van der Waals surface area contributed by atoms with E-state index in [1.54, 1.807) is 0 Å². The number of halogens is 6. The summed E-state index contributed by atoms with van der Waals surface area (Å²) in [6.45, 7) is 7.82. The van der Waals surface area contributed by atoms with Crippen molar-refractivity contribution in [2.45, 2.75) is 63.0 Å². The molecule has 0 saturated carbocycles. The first-order valence-electron chi connectivity index (χ1n) is 12.0. The molecule has 1 amide bonds. The van der Waals surface area contributed by atoms with E-state index in [1.807, 2.05) is 11.3 Å². The topological polar surface area (TPSA) is 101 Å². The first-order valence-corrected chi connectivity index (χ1v) is 12.9. The van der Waals surface area contributed by atoms with Crippen molar-refractivity contribution in [3.63, 3.8) is 0 Å². The van der Waals surface area contributed by atoms with Crippen LogP contribution in [0.4, 0.5) is 26.3 Å². The van der Waals surface area contributed by atoms with Crippen LogP contribution in [0.3, 0.4) is 0 Å². The van der Waals surface area contributed by atoms with Crippen LogP contribution in [0, 0.1) is 0 Å². The number of piperidine rings is 1. The van der Waals surface area contributed by atoms with Gasteiger partial charge in [0.25, 0.3) is 0 Å². The minimum atomic E-state index is -5.08. The Balaban J connectivity index is 0.000000301. The van der Waals surface area contributed by atoms with Gasteiger partial charge in [0, 0.05) is 49.6 Å². The molecule has 0 unspecified atom stereocenters. The molecule has 216 valence electrons. The predicted octanol–water partition coefficient (Wildman–Crippen LogP) is 4.07. The van der Waals surface area contributed by atoms with Crippen LogP contribution in [0.15, 0.2) is 17.5 Å². The zero-order valence-electron chi connectivity index (χ0n) is 20.6. The number of hydrogen-bond acceptors (Lipinski definition) is 6. The second-order valence-electron chi connectivity index (χ2n) is 9.28. The van der Waals surface area contributed by atoms with Crippen LogP contribution in [-0.4, -0.2) is 99.9 Å². The minimum Gasteiger partial charge on any atom is -0.475 e. The van der Waals surface area contributed by atoms with Crippen LogP contribution in [0.25, 0.3) is 0 Å². The van der Waals surface area contributed by atoms with Gasteiger partial charge in [-0.25, -0.2) is 9.59 Å². The summed E-state index contributed by atoms with van der Waals surface area (Å²) < 4.78 is 63.5. The number of nitrogens with zero attached hydrogens (tertiary/aromatic N) is 3. The number of carbonyl (C=O) groups excluding carboxylic acids is 1. The molecule has 38 heavy (non-hydrogen) atoms. The highest BCUT2D eigenvalue weighted by molar-refractivity contribution is 7.09. The maximum absolute atomic E-state index is 12.5. The van der Waals surface area contributed by atoms with E-state index < -0.39 is 24.3 Å². The maximum Gasteiger partial charge on any atom is 0.490 e. The number of carboxylic acid groups (broad SMARTS) is 2. The third-order valence-electron chi connectivity index (χ3n) is 6.75. The minimum absolute atomic E-state index is 0.169. The summed E-state index contributed by atoms with van der Waals surface area (Å²) in [6.07, 6.45) is -3.34. The van der Waals surface area contributed by atoms with Crippen LogP contribution in [0.1, 0.15) is 43.4 Å². The van der Waals surface area contributed by atoms with Gasteiger partial charge >= 0.3 is 24.3 Å². The molecular weight excluding hydrogens is 544 g/mol. The second kappa shape index (κ2) is 13.6. The van der Waals surface area contributed by atoms with Crippen LogP contribution in [0.2, 0.25) is 0 Å². The molecule has 3 saturated heterocycles. The molecular formula is C23H31F6N3O5S. The summed E-state index contributed by atoms with van der Waals surface area (Å²) in [5, 5.41) is 16.4. The van der Waals surface area contributed by atoms with E-state index in [-0.39, 0.29) is 5.54 Å². The highest BCUT2D eigenvalue weighted by atomic mass is 32.1. The molecule has 3 fully saturated rings. The molecule has 4 rings (SSSR count). The quantitative estimate of drug-likeness (QED) is 0.511. The molecule has 0 aromatic carbocycles. The van der Waals surface area contributed by atoms with Crippen molar-refractivity contribution in [1.82, 2.24) is 14.7 Å². The zero-order valence-corrected chi connectivity index (χ0v) is 21.4. The molecule has 0 bridgehead atoms. The Morgan fingerprint density at radius 1 is 0.868 bits per heavy atom. The average molecular weight is 576 g/mol. The van der Waals surface area contributed by atoms with E-state index >= 15 is 0 Å². The Bertz CT molecular complexity index is 888. The third-order valence-corrected chi connectivity index (χ3v) is 7.61. The molecule has 15 heteroatoms. The average Bonchev–Trinajstić information content (AvgIpc) is 3.58. The Labute approximate surface area is 219 Å². The molecule has 0 atom stereocenters. The molecule has 4 heterocycles. The fourth-order valence-corrected chi connectivity index (χ4v) is 5.50. The van der Waals surface area contributed by atoms with Crippen molar-refractivity contribution in [2.24, 2.45) is 0 Å².